The van der Waals surface area contributed by atoms with E-state index in [0.29, 0.717) is 17.5 Å². The van der Waals surface area contributed by atoms with E-state index in [1.807, 2.05) is 12.1 Å². The molecular formula is C53H34N4. The van der Waals surface area contributed by atoms with Crippen molar-refractivity contribution in [3.8, 4) is 62.1 Å². The Balaban J connectivity index is 1.11. The van der Waals surface area contributed by atoms with Crippen LogP contribution in [0.3, 0.4) is 0 Å². The zero-order valence-electron chi connectivity index (χ0n) is 30.9. The highest BCUT2D eigenvalue weighted by molar-refractivity contribution is 6.19. The molecule has 0 bridgehead atoms. The van der Waals surface area contributed by atoms with Crippen LogP contribution in [0.25, 0.3) is 105 Å². The summed E-state index contributed by atoms with van der Waals surface area (Å²) >= 11 is 0. The van der Waals surface area contributed by atoms with Crippen LogP contribution in [0, 0.1) is 0 Å². The van der Waals surface area contributed by atoms with Gasteiger partial charge in [0.2, 0.25) is 0 Å². The molecule has 2 heterocycles. The summed E-state index contributed by atoms with van der Waals surface area (Å²) in [7, 11) is 0. The van der Waals surface area contributed by atoms with Crippen LogP contribution >= 0.6 is 0 Å². The third kappa shape index (κ3) is 5.66. The van der Waals surface area contributed by atoms with Crippen LogP contribution in [0.5, 0.6) is 0 Å². The van der Waals surface area contributed by atoms with Gasteiger partial charge >= 0.3 is 0 Å². The van der Waals surface area contributed by atoms with Gasteiger partial charge in [0.15, 0.2) is 17.5 Å². The van der Waals surface area contributed by atoms with E-state index < -0.39 is 0 Å². The lowest BCUT2D eigenvalue weighted by Gasteiger charge is -2.15. The third-order valence-electron chi connectivity index (χ3n) is 11.1. The number of hydrogen-bond acceptors (Lipinski definition) is 3. The van der Waals surface area contributed by atoms with Crippen molar-refractivity contribution in [3.63, 3.8) is 0 Å². The normalized spacial score (nSPS) is 11.5. The molecule has 0 spiro atoms. The molecule has 0 unspecified atom stereocenters. The first-order valence-electron chi connectivity index (χ1n) is 19.3. The second-order valence-corrected chi connectivity index (χ2v) is 14.4. The first-order chi connectivity index (χ1) is 28.3. The molecule has 0 aliphatic carbocycles. The molecule has 2 aromatic heterocycles. The van der Waals surface area contributed by atoms with Crippen molar-refractivity contribution in [2.75, 3.05) is 0 Å². The predicted molar refractivity (Wildman–Crippen MR) is 236 cm³/mol. The highest BCUT2D eigenvalue weighted by atomic mass is 15.0. The number of para-hydroxylation sites is 1. The van der Waals surface area contributed by atoms with Gasteiger partial charge in [0.25, 0.3) is 0 Å². The fourth-order valence-corrected chi connectivity index (χ4v) is 8.30. The second-order valence-electron chi connectivity index (χ2n) is 14.4. The Bertz CT molecular complexity index is 3160. The molecule has 9 aromatic carbocycles. The van der Waals surface area contributed by atoms with Crippen molar-refractivity contribution in [1.29, 1.82) is 0 Å². The Morgan fingerprint density at radius 2 is 0.772 bits per heavy atom. The number of benzene rings is 9. The lowest BCUT2D eigenvalue weighted by molar-refractivity contribution is 1.08. The minimum Gasteiger partial charge on any atom is -0.308 e. The topological polar surface area (TPSA) is 43.6 Å². The Kier molecular flexibility index (Phi) is 7.78. The molecule has 0 saturated carbocycles. The van der Waals surface area contributed by atoms with E-state index in [2.05, 4.69) is 199 Å². The fourth-order valence-electron chi connectivity index (χ4n) is 8.30. The average molecular weight is 727 g/mol. The van der Waals surface area contributed by atoms with E-state index in [1.54, 1.807) is 0 Å². The standard InChI is InChI=1S/C53H34N4/c1-3-13-35(14-4-1)37-25-29-40(30-26-37)51-54-52(41-31-27-38(28-32-41)36-15-5-2-6-16-36)56-53(55-51)47-22-11-21-44-43(47)20-12-24-49(44)57-48-23-10-9-19-45(48)46-34-33-39-17-7-8-18-42(39)50(46)57/h1-34H. The fraction of sp³-hybridized carbons (Fsp3) is 0. The van der Waals surface area contributed by atoms with Crippen molar-refractivity contribution in [3.05, 3.63) is 206 Å². The van der Waals surface area contributed by atoms with Crippen LogP contribution in [0.15, 0.2) is 206 Å². The molecule has 4 heteroatoms. The van der Waals surface area contributed by atoms with Crippen LogP contribution < -0.4 is 0 Å². The number of fused-ring (bicyclic) bond motifs is 6. The van der Waals surface area contributed by atoms with Gasteiger partial charge in [0.05, 0.1) is 16.7 Å². The molecule has 57 heavy (non-hydrogen) atoms. The summed E-state index contributed by atoms with van der Waals surface area (Å²) in [5.41, 5.74) is 10.9. The van der Waals surface area contributed by atoms with Gasteiger partial charge in [-0.1, -0.05) is 194 Å². The van der Waals surface area contributed by atoms with E-state index in [4.69, 9.17) is 15.0 Å². The Morgan fingerprint density at radius 1 is 0.281 bits per heavy atom. The van der Waals surface area contributed by atoms with Crippen LogP contribution in [-0.4, -0.2) is 19.5 Å². The van der Waals surface area contributed by atoms with Crippen molar-refractivity contribution in [2.24, 2.45) is 0 Å². The van der Waals surface area contributed by atoms with Gasteiger partial charge in [0.1, 0.15) is 0 Å². The lowest BCUT2D eigenvalue weighted by atomic mass is 10.0. The average Bonchev–Trinajstić information content (AvgIpc) is 3.64. The molecule has 266 valence electrons. The van der Waals surface area contributed by atoms with E-state index >= 15 is 0 Å². The summed E-state index contributed by atoms with van der Waals surface area (Å²) in [6.45, 7) is 0. The monoisotopic (exact) mass is 726 g/mol. The molecule has 0 saturated heterocycles. The first-order valence-corrected chi connectivity index (χ1v) is 19.3. The molecule has 0 atom stereocenters. The minimum absolute atomic E-state index is 0.628. The summed E-state index contributed by atoms with van der Waals surface area (Å²) < 4.78 is 2.44. The van der Waals surface area contributed by atoms with Crippen LogP contribution in [0.4, 0.5) is 0 Å². The molecule has 4 nitrogen and oxygen atoms in total. The molecule has 11 aromatic rings. The minimum atomic E-state index is 0.628. The zero-order chi connectivity index (χ0) is 37.7. The molecule has 11 rings (SSSR count). The maximum absolute atomic E-state index is 5.22. The number of nitrogens with zero attached hydrogens (tertiary/aromatic N) is 4. The highest BCUT2D eigenvalue weighted by Gasteiger charge is 2.19. The number of rotatable bonds is 6. The van der Waals surface area contributed by atoms with Gasteiger partial charge in [-0.15, -0.1) is 0 Å². The van der Waals surface area contributed by atoms with E-state index in [0.717, 1.165) is 44.3 Å². The molecule has 0 N–H and O–H groups in total. The smallest absolute Gasteiger partial charge is 0.164 e. The maximum Gasteiger partial charge on any atom is 0.164 e. The quantitative estimate of drug-likeness (QED) is 0.171. The largest absolute Gasteiger partial charge is 0.308 e. The Labute approximate surface area is 330 Å². The van der Waals surface area contributed by atoms with Crippen LogP contribution in [0.2, 0.25) is 0 Å². The summed E-state index contributed by atoms with van der Waals surface area (Å²) in [4.78, 5) is 15.6. The predicted octanol–water partition coefficient (Wildman–Crippen LogP) is 13.6. The molecule has 0 aliphatic heterocycles. The molecular weight excluding hydrogens is 693 g/mol. The van der Waals surface area contributed by atoms with Crippen molar-refractivity contribution in [2.45, 2.75) is 0 Å². The van der Waals surface area contributed by atoms with Gasteiger partial charge in [-0.2, -0.15) is 0 Å². The van der Waals surface area contributed by atoms with Crippen LogP contribution in [0.1, 0.15) is 0 Å². The summed E-state index contributed by atoms with van der Waals surface area (Å²) in [6.07, 6.45) is 0. The molecule has 0 radical (unpaired) electrons. The van der Waals surface area contributed by atoms with E-state index in [1.165, 1.54) is 43.7 Å². The van der Waals surface area contributed by atoms with Gasteiger partial charge < -0.3 is 4.57 Å². The number of aromatic nitrogens is 4. The summed E-state index contributed by atoms with van der Waals surface area (Å²) in [6, 6.07) is 72.8. The van der Waals surface area contributed by atoms with Gasteiger partial charge in [-0.3, -0.25) is 0 Å². The maximum atomic E-state index is 5.22. The van der Waals surface area contributed by atoms with Gasteiger partial charge in [-0.05, 0) is 45.2 Å². The summed E-state index contributed by atoms with van der Waals surface area (Å²) in [5, 5.41) is 7.10. The van der Waals surface area contributed by atoms with Gasteiger partial charge in [-0.25, -0.2) is 15.0 Å². The van der Waals surface area contributed by atoms with Crippen LogP contribution in [-0.2, 0) is 0 Å². The van der Waals surface area contributed by atoms with Crippen molar-refractivity contribution >= 4 is 43.4 Å². The van der Waals surface area contributed by atoms with Crippen molar-refractivity contribution < 1.29 is 0 Å². The Morgan fingerprint density at radius 3 is 1.44 bits per heavy atom. The molecule has 0 aliphatic rings. The molecule has 0 fully saturated rings. The molecule has 0 amide bonds. The first kappa shape index (κ1) is 32.7. The lowest BCUT2D eigenvalue weighted by Crippen LogP contribution is -2.01. The van der Waals surface area contributed by atoms with E-state index in [-0.39, 0.29) is 0 Å². The SMILES string of the molecule is c1ccc(-c2ccc(-c3nc(-c4ccc(-c5ccccc5)cc4)nc(-c4cccc5c(-n6c7ccccc7c7ccc8ccccc8c76)cccc45)n3)cc2)cc1. The third-order valence-corrected chi connectivity index (χ3v) is 11.1. The van der Waals surface area contributed by atoms with E-state index in [9.17, 15) is 0 Å². The Hall–Kier alpha value is -7.69. The number of hydrogen-bond donors (Lipinski definition) is 0. The zero-order valence-corrected chi connectivity index (χ0v) is 30.9. The van der Waals surface area contributed by atoms with Crippen molar-refractivity contribution in [1.82, 2.24) is 19.5 Å². The van der Waals surface area contributed by atoms with Gasteiger partial charge in [0, 0.05) is 38.2 Å². The second kappa shape index (κ2) is 13.6. The summed E-state index contributed by atoms with van der Waals surface area (Å²) in [5.74, 6) is 1.89. The highest BCUT2D eigenvalue weighted by Crippen LogP contribution is 2.40.